The number of carbonyl (C=O) groups excluding carboxylic acids is 6. The van der Waals surface area contributed by atoms with Crippen molar-refractivity contribution in [2.75, 3.05) is 13.2 Å². The number of ether oxygens (including phenoxy) is 7. The van der Waals surface area contributed by atoms with Crippen molar-refractivity contribution in [3.8, 4) is 0 Å². The van der Waals surface area contributed by atoms with Gasteiger partial charge >= 0.3 is 35.8 Å². The molecule has 1 saturated heterocycles. The van der Waals surface area contributed by atoms with Crippen LogP contribution < -0.4 is 5.32 Å². The number of carbonyl (C=O) groups is 6. The van der Waals surface area contributed by atoms with Crippen molar-refractivity contribution in [1.82, 2.24) is 5.32 Å². The first-order chi connectivity index (χ1) is 18.2. The van der Waals surface area contributed by atoms with Crippen molar-refractivity contribution in [2.24, 2.45) is 0 Å². The van der Waals surface area contributed by atoms with Crippen LogP contribution in [0.4, 0.5) is 0 Å². The fourth-order valence-corrected chi connectivity index (χ4v) is 4.49. The van der Waals surface area contributed by atoms with Gasteiger partial charge in [0.2, 0.25) is 0 Å². The van der Waals surface area contributed by atoms with E-state index >= 15 is 0 Å². The first-order valence-corrected chi connectivity index (χ1v) is 12.3. The number of nitrogens with one attached hydrogen (secondary N) is 1. The van der Waals surface area contributed by atoms with Gasteiger partial charge in [-0.1, -0.05) is 6.08 Å². The third kappa shape index (κ3) is 9.32. The quantitative estimate of drug-likeness (QED) is 0.225. The van der Waals surface area contributed by atoms with Crippen molar-refractivity contribution < 1.29 is 61.9 Å². The first-order valence-electron chi connectivity index (χ1n) is 12.3. The van der Waals surface area contributed by atoms with E-state index in [1.165, 1.54) is 26.8 Å². The highest BCUT2D eigenvalue weighted by Gasteiger charge is 2.50. The van der Waals surface area contributed by atoms with E-state index in [0.29, 0.717) is 0 Å². The molecule has 0 amide bonds. The van der Waals surface area contributed by atoms with E-state index in [9.17, 15) is 28.8 Å². The molecule has 0 saturated carbocycles. The van der Waals surface area contributed by atoms with Gasteiger partial charge in [0.05, 0.1) is 24.8 Å². The lowest BCUT2D eigenvalue weighted by molar-refractivity contribution is -0.197. The number of hydrogen-bond acceptors (Lipinski definition) is 14. The molecule has 1 fully saturated rings. The Morgan fingerprint density at radius 2 is 1.26 bits per heavy atom. The maximum atomic E-state index is 12.1. The second-order valence-corrected chi connectivity index (χ2v) is 9.18. The monoisotopic (exact) mass is 557 g/mol. The zero-order valence-electron chi connectivity index (χ0n) is 22.9. The first kappa shape index (κ1) is 31.7. The fourth-order valence-electron chi connectivity index (χ4n) is 4.49. The minimum atomic E-state index is -1.35. The van der Waals surface area contributed by atoms with E-state index in [2.05, 4.69) is 5.32 Å². The van der Waals surface area contributed by atoms with Gasteiger partial charge < -0.3 is 33.2 Å². The molecule has 0 radical (unpaired) electrons. The second-order valence-electron chi connectivity index (χ2n) is 9.18. The van der Waals surface area contributed by atoms with Gasteiger partial charge in [-0.05, 0) is 6.92 Å². The van der Waals surface area contributed by atoms with Crippen LogP contribution in [-0.2, 0) is 61.9 Å². The molecular weight excluding hydrogens is 522 g/mol. The summed E-state index contributed by atoms with van der Waals surface area (Å²) in [5.41, 5.74) is 0.234. The minimum Gasteiger partial charge on any atom is -0.461 e. The Labute approximate surface area is 225 Å². The molecule has 1 N–H and O–H groups in total. The molecule has 1 heterocycles. The van der Waals surface area contributed by atoms with E-state index in [-0.39, 0.29) is 18.8 Å². The molecule has 14 nitrogen and oxygen atoms in total. The lowest BCUT2D eigenvalue weighted by Crippen LogP contribution is -2.66. The van der Waals surface area contributed by atoms with Crippen LogP contribution in [0.3, 0.4) is 0 Å². The van der Waals surface area contributed by atoms with E-state index in [1.54, 1.807) is 6.92 Å². The van der Waals surface area contributed by atoms with Gasteiger partial charge in [0.15, 0.2) is 30.5 Å². The molecule has 0 aromatic heterocycles. The normalized spacial score (nSPS) is 30.2. The Balaban J connectivity index is 2.60. The fraction of sp³-hybridized carbons (Fsp3) is 0.680. The van der Waals surface area contributed by atoms with Crippen LogP contribution in [0.5, 0.6) is 0 Å². The summed E-state index contributed by atoms with van der Waals surface area (Å²) in [5.74, 6) is -4.10. The summed E-state index contributed by atoms with van der Waals surface area (Å²) in [4.78, 5) is 71.3. The Morgan fingerprint density at radius 1 is 0.744 bits per heavy atom. The molecule has 0 spiro atoms. The number of esters is 6. The smallest absolute Gasteiger partial charge is 0.303 e. The molecule has 1 aliphatic carbocycles. The van der Waals surface area contributed by atoms with Gasteiger partial charge in [-0.15, -0.1) is 0 Å². The standard InChI is InChI=1S/C25H35NO13/c1-11-21(24(38-16(6)31)20(10-33-11)35-13(3)28)26-19-8-18(9-34-12(2)27)22(36-14(4)29)25(39-17(7)32)23(19)37-15(5)30/h8,11,19-26H,9-10H2,1-7H3/t11-,19-,20+,21-,22-,23+,24-,25+/m1/s1. The van der Waals surface area contributed by atoms with Gasteiger partial charge in [0.25, 0.3) is 0 Å². The van der Waals surface area contributed by atoms with Crippen LogP contribution in [0.15, 0.2) is 11.6 Å². The lowest BCUT2D eigenvalue weighted by atomic mass is 9.86. The zero-order valence-corrected chi connectivity index (χ0v) is 22.9. The molecule has 0 aromatic carbocycles. The van der Waals surface area contributed by atoms with Crippen LogP contribution in [-0.4, -0.2) is 97.7 Å². The van der Waals surface area contributed by atoms with Crippen LogP contribution >= 0.6 is 0 Å². The SMILES string of the molecule is CC(=O)OCC1=C[C@@H](N[C@H]2[C@H](OC(C)=O)[C@@H](OC(C)=O)CO[C@@H]2C)[C@H](OC(C)=O)[C@@H](OC(C)=O)[C@@H]1OC(C)=O. The van der Waals surface area contributed by atoms with E-state index < -0.39 is 84.5 Å². The average molecular weight is 558 g/mol. The van der Waals surface area contributed by atoms with Crippen LogP contribution in [0.2, 0.25) is 0 Å². The third-order valence-corrected chi connectivity index (χ3v) is 5.83. The van der Waals surface area contributed by atoms with E-state index in [0.717, 1.165) is 20.8 Å². The molecule has 2 rings (SSSR count). The highest BCUT2D eigenvalue weighted by Crippen LogP contribution is 2.31. The predicted octanol–water partition coefficient (Wildman–Crippen LogP) is -0.106. The van der Waals surface area contributed by atoms with Gasteiger partial charge in [-0.3, -0.25) is 34.1 Å². The summed E-state index contributed by atoms with van der Waals surface area (Å²) in [6, 6.07) is -1.80. The molecule has 218 valence electrons. The maximum Gasteiger partial charge on any atom is 0.303 e. The number of hydrogen-bond donors (Lipinski definition) is 1. The summed E-state index contributed by atoms with van der Waals surface area (Å²) in [6.07, 6.45) is -4.93. The summed E-state index contributed by atoms with van der Waals surface area (Å²) < 4.78 is 38.1. The predicted molar refractivity (Wildman–Crippen MR) is 129 cm³/mol. The van der Waals surface area contributed by atoms with Crippen molar-refractivity contribution in [3.05, 3.63) is 11.6 Å². The topological polar surface area (TPSA) is 179 Å². The number of rotatable bonds is 9. The molecule has 0 unspecified atom stereocenters. The van der Waals surface area contributed by atoms with E-state index in [1.807, 2.05) is 0 Å². The highest BCUT2D eigenvalue weighted by atomic mass is 16.6. The van der Waals surface area contributed by atoms with Crippen LogP contribution in [0.1, 0.15) is 48.5 Å². The second kappa shape index (κ2) is 14.0. The van der Waals surface area contributed by atoms with Crippen LogP contribution in [0, 0.1) is 0 Å². The largest absolute Gasteiger partial charge is 0.461 e. The Hall–Kier alpha value is -3.52. The summed E-state index contributed by atoms with van der Waals surface area (Å²) in [5, 5.41) is 3.20. The Bertz CT molecular complexity index is 992. The zero-order chi connectivity index (χ0) is 29.4. The van der Waals surface area contributed by atoms with Crippen molar-refractivity contribution in [3.63, 3.8) is 0 Å². The molecule has 8 atom stereocenters. The van der Waals surface area contributed by atoms with Gasteiger partial charge in [-0.2, -0.15) is 0 Å². The average Bonchev–Trinajstić information content (AvgIpc) is 2.78. The lowest BCUT2D eigenvalue weighted by Gasteiger charge is -2.45. The van der Waals surface area contributed by atoms with Crippen molar-refractivity contribution >= 4 is 35.8 Å². The molecule has 1 aliphatic heterocycles. The van der Waals surface area contributed by atoms with Crippen LogP contribution in [0.25, 0.3) is 0 Å². The Morgan fingerprint density at radius 3 is 1.77 bits per heavy atom. The summed E-state index contributed by atoms with van der Waals surface area (Å²) in [7, 11) is 0. The van der Waals surface area contributed by atoms with E-state index in [4.69, 9.17) is 33.2 Å². The molecule has 0 aromatic rings. The third-order valence-electron chi connectivity index (χ3n) is 5.83. The summed E-state index contributed by atoms with van der Waals surface area (Å²) >= 11 is 0. The molecule has 0 bridgehead atoms. The highest BCUT2D eigenvalue weighted by molar-refractivity contribution is 5.70. The van der Waals surface area contributed by atoms with Gasteiger partial charge in [0, 0.05) is 47.1 Å². The molecule has 39 heavy (non-hydrogen) atoms. The van der Waals surface area contributed by atoms with Crippen molar-refractivity contribution in [2.45, 2.75) is 97.2 Å². The Kier molecular flexibility index (Phi) is 11.4. The summed E-state index contributed by atoms with van der Waals surface area (Å²) in [6.45, 7) is 8.29. The van der Waals surface area contributed by atoms with Gasteiger partial charge in [0.1, 0.15) is 6.61 Å². The molecular formula is C25H35NO13. The van der Waals surface area contributed by atoms with Crippen molar-refractivity contribution in [1.29, 1.82) is 0 Å². The minimum absolute atomic E-state index is 0.0486. The molecule has 2 aliphatic rings. The molecule has 14 heteroatoms. The maximum absolute atomic E-state index is 12.1. The van der Waals surface area contributed by atoms with Gasteiger partial charge in [-0.25, -0.2) is 0 Å².